The van der Waals surface area contributed by atoms with Crippen LogP contribution in [0.15, 0.2) is 35.9 Å². The van der Waals surface area contributed by atoms with Crippen molar-refractivity contribution in [3.63, 3.8) is 0 Å². The van der Waals surface area contributed by atoms with Crippen molar-refractivity contribution in [2.45, 2.75) is 25.0 Å². The molecule has 4 nitrogen and oxygen atoms in total. The summed E-state index contributed by atoms with van der Waals surface area (Å²) in [4.78, 5) is 16.2. The van der Waals surface area contributed by atoms with Gasteiger partial charge in [-0.2, -0.15) is 0 Å². The zero-order chi connectivity index (χ0) is 19.8. The summed E-state index contributed by atoms with van der Waals surface area (Å²) in [5, 5.41) is 11.7. The lowest BCUT2D eigenvalue weighted by molar-refractivity contribution is -0.156. The van der Waals surface area contributed by atoms with Crippen LogP contribution in [-0.2, 0) is 9.53 Å². The Labute approximate surface area is 161 Å². The van der Waals surface area contributed by atoms with Gasteiger partial charge in [-0.1, -0.05) is 12.1 Å². The number of rotatable bonds is 3. The summed E-state index contributed by atoms with van der Waals surface area (Å²) in [7, 11) is 0. The van der Waals surface area contributed by atoms with E-state index >= 15 is 0 Å². The fourth-order valence-corrected chi connectivity index (χ4v) is 4.02. The molecule has 0 spiro atoms. The zero-order valence-electron chi connectivity index (χ0n) is 14.4. The number of aromatic nitrogens is 1. The second-order valence-corrected chi connectivity index (χ2v) is 7.38. The van der Waals surface area contributed by atoms with Crippen molar-refractivity contribution in [3.05, 3.63) is 58.9 Å². The molecule has 4 rings (SSSR count). The molecule has 0 bridgehead atoms. The van der Waals surface area contributed by atoms with Crippen LogP contribution in [0, 0.1) is 17.5 Å². The third-order valence-electron chi connectivity index (χ3n) is 4.47. The van der Waals surface area contributed by atoms with Gasteiger partial charge in [-0.3, -0.25) is 9.78 Å². The van der Waals surface area contributed by atoms with Gasteiger partial charge < -0.3 is 9.84 Å². The number of carbonyl (C=O) groups is 1. The highest BCUT2D eigenvalue weighted by Gasteiger charge is 2.25. The molecule has 28 heavy (non-hydrogen) atoms. The van der Waals surface area contributed by atoms with E-state index in [1.54, 1.807) is 24.3 Å². The normalized spacial score (nSPS) is 20.1. The molecule has 2 aromatic heterocycles. The first-order chi connectivity index (χ1) is 13.4. The molecule has 0 unspecified atom stereocenters. The van der Waals surface area contributed by atoms with Crippen LogP contribution in [0.1, 0.15) is 18.4 Å². The summed E-state index contributed by atoms with van der Waals surface area (Å²) in [6, 6.07) is 4.49. The molecule has 8 heteroatoms. The molecule has 1 aliphatic heterocycles. The number of pyridine rings is 1. The molecule has 0 amide bonds. The van der Waals surface area contributed by atoms with Gasteiger partial charge in [0.1, 0.15) is 11.6 Å². The minimum atomic E-state index is -1.57. The van der Waals surface area contributed by atoms with Crippen molar-refractivity contribution in [1.29, 1.82) is 0 Å². The van der Waals surface area contributed by atoms with Crippen molar-refractivity contribution in [2.75, 3.05) is 0 Å². The first-order valence-corrected chi connectivity index (χ1v) is 9.38. The predicted molar refractivity (Wildman–Crippen MR) is 99.1 cm³/mol. The lowest BCUT2D eigenvalue weighted by Crippen LogP contribution is -2.31. The molecule has 2 atom stereocenters. The molecule has 3 heterocycles. The van der Waals surface area contributed by atoms with Crippen LogP contribution < -0.4 is 0 Å². The van der Waals surface area contributed by atoms with Gasteiger partial charge in [-0.05, 0) is 23.6 Å². The van der Waals surface area contributed by atoms with E-state index in [4.69, 9.17) is 4.74 Å². The van der Waals surface area contributed by atoms with Gasteiger partial charge in [0.25, 0.3) is 0 Å². The molecular weight excluding hydrogens is 391 g/mol. The average molecular weight is 405 g/mol. The number of hydrogen-bond acceptors (Lipinski definition) is 5. The number of aliphatic hydroxyl groups excluding tert-OH is 1. The number of fused-ring (bicyclic) bond motifs is 1. The fourth-order valence-electron chi connectivity index (χ4n) is 3.22. The molecule has 1 saturated heterocycles. The number of thiophene rings is 1. The quantitative estimate of drug-likeness (QED) is 0.516. The Balaban J connectivity index is 1.84. The maximum absolute atomic E-state index is 14.2. The predicted octanol–water partition coefficient (Wildman–Crippen LogP) is 4.46. The summed E-state index contributed by atoms with van der Waals surface area (Å²) in [5.74, 6) is -4.70. The van der Waals surface area contributed by atoms with E-state index in [-0.39, 0.29) is 23.7 Å². The number of aliphatic hydroxyl groups is 1. The summed E-state index contributed by atoms with van der Waals surface area (Å²) in [6.07, 6.45) is 3.37. The van der Waals surface area contributed by atoms with Crippen molar-refractivity contribution in [1.82, 2.24) is 4.98 Å². The molecule has 144 valence electrons. The molecule has 1 aliphatic rings. The van der Waals surface area contributed by atoms with Crippen LogP contribution in [-0.4, -0.2) is 28.3 Å². The van der Waals surface area contributed by atoms with Crippen molar-refractivity contribution in [3.8, 4) is 10.4 Å². The number of benzene rings is 1. The van der Waals surface area contributed by atoms with Crippen molar-refractivity contribution in [2.24, 2.45) is 0 Å². The smallest absolute Gasteiger partial charge is 0.309 e. The molecule has 3 aromatic rings. The minimum absolute atomic E-state index is 0.0492. The van der Waals surface area contributed by atoms with Gasteiger partial charge >= 0.3 is 5.97 Å². The van der Waals surface area contributed by atoms with E-state index in [1.807, 2.05) is 5.38 Å². The summed E-state index contributed by atoms with van der Waals surface area (Å²) in [6.45, 7) is 0. The average Bonchev–Trinajstić information content (AvgIpc) is 3.17. The molecular formula is C20H14F3NO3S. The standard InChI is InChI=1S/C20H14F3NO3S/c21-14-8-13-17(15-2-1-5-28-15)10(9-24-20(13)19(23)18(14)22)3-4-12-6-11(25)7-16(26)27-12/h1-5,8-9,11-12,25H,6-7H2/t11-,12-/m1/s1. The molecule has 0 aliphatic carbocycles. The third-order valence-corrected chi connectivity index (χ3v) is 5.36. The van der Waals surface area contributed by atoms with Gasteiger partial charge in [0.05, 0.1) is 12.5 Å². The third kappa shape index (κ3) is 3.41. The van der Waals surface area contributed by atoms with Gasteiger partial charge in [-0.25, -0.2) is 13.2 Å². The van der Waals surface area contributed by atoms with Crippen LogP contribution in [0.3, 0.4) is 0 Å². The van der Waals surface area contributed by atoms with E-state index in [0.29, 0.717) is 11.1 Å². The maximum atomic E-state index is 14.2. The largest absolute Gasteiger partial charge is 0.458 e. The molecule has 1 N–H and O–H groups in total. The number of nitrogens with zero attached hydrogens (tertiary/aromatic N) is 1. The second kappa shape index (κ2) is 7.37. The van der Waals surface area contributed by atoms with Gasteiger partial charge in [-0.15, -0.1) is 11.3 Å². The molecule has 1 fully saturated rings. The topological polar surface area (TPSA) is 59.4 Å². The highest BCUT2D eigenvalue weighted by Crippen LogP contribution is 2.37. The van der Waals surface area contributed by atoms with Crippen LogP contribution in [0.2, 0.25) is 0 Å². The van der Waals surface area contributed by atoms with E-state index in [2.05, 4.69) is 4.98 Å². The van der Waals surface area contributed by atoms with Gasteiger partial charge in [0.2, 0.25) is 0 Å². The van der Waals surface area contributed by atoms with Gasteiger partial charge in [0, 0.05) is 34.0 Å². The molecule has 0 saturated carbocycles. The maximum Gasteiger partial charge on any atom is 0.309 e. The first-order valence-electron chi connectivity index (χ1n) is 8.50. The van der Waals surface area contributed by atoms with Crippen molar-refractivity contribution < 1.29 is 27.8 Å². The summed E-state index contributed by atoms with van der Waals surface area (Å²) >= 11 is 1.36. The molecule has 0 radical (unpaired) electrons. The van der Waals surface area contributed by atoms with E-state index in [9.17, 15) is 23.1 Å². The SMILES string of the molecule is O=C1C[C@H](O)C[C@@H](C=Cc2cnc3c(F)c(F)c(F)cc3c2-c2cccs2)O1. The van der Waals surface area contributed by atoms with E-state index < -0.39 is 35.6 Å². The fraction of sp³-hybridized carbons (Fsp3) is 0.200. The Morgan fingerprint density at radius 2 is 2.11 bits per heavy atom. The molecule has 1 aromatic carbocycles. The number of hydrogen-bond donors (Lipinski definition) is 1. The Morgan fingerprint density at radius 1 is 1.29 bits per heavy atom. The number of ether oxygens (including phenoxy) is 1. The second-order valence-electron chi connectivity index (χ2n) is 6.43. The summed E-state index contributed by atoms with van der Waals surface area (Å²) in [5.41, 5.74) is 0.757. The Morgan fingerprint density at radius 3 is 2.82 bits per heavy atom. The summed E-state index contributed by atoms with van der Waals surface area (Å²) < 4.78 is 46.9. The highest BCUT2D eigenvalue weighted by molar-refractivity contribution is 7.13. The Kier molecular flexibility index (Phi) is 4.91. The van der Waals surface area contributed by atoms with Crippen molar-refractivity contribution >= 4 is 34.3 Å². The zero-order valence-corrected chi connectivity index (χ0v) is 15.2. The number of halogens is 3. The van der Waals surface area contributed by atoms with E-state index in [1.165, 1.54) is 17.5 Å². The Hall–Kier alpha value is -2.71. The number of carbonyl (C=O) groups excluding carboxylic acids is 1. The highest BCUT2D eigenvalue weighted by atomic mass is 32.1. The lowest BCUT2D eigenvalue weighted by atomic mass is 9.99. The van der Waals surface area contributed by atoms with Gasteiger partial charge in [0.15, 0.2) is 17.5 Å². The van der Waals surface area contributed by atoms with Crippen LogP contribution in [0.25, 0.3) is 27.4 Å². The monoisotopic (exact) mass is 405 g/mol. The van der Waals surface area contributed by atoms with E-state index in [0.717, 1.165) is 10.9 Å². The van der Waals surface area contributed by atoms with Crippen LogP contribution in [0.5, 0.6) is 0 Å². The minimum Gasteiger partial charge on any atom is -0.458 e. The van der Waals surface area contributed by atoms with Crippen LogP contribution >= 0.6 is 11.3 Å². The lowest BCUT2D eigenvalue weighted by Gasteiger charge is -2.23. The number of esters is 1. The van der Waals surface area contributed by atoms with Crippen LogP contribution in [0.4, 0.5) is 13.2 Å². The first kappa shape index (κ1) is 18.6. The Bertz CT molecular complexity index is 1080. The number of cyclic esters (lactones) is 1.